The SMILES string of the molecule is CCOc1ccc(C[C@H](NC(=O)CC2(S)CCCCC2)C(=O)N[C@@H](Cc2ccccc2)C(=O)N[C@@H](CCC(N)=O)C(=O)N[C@@H](CC(N)=O)C(=O)N[C@@H](C=S)C(=O)N2CCC[C@H]2C(=O)N[C@@H](CCCN=C(N)N)C(=O)NC(=O)CN)cc1. The number of imide groups is 1. The second-order valence-electron chi connectivity index (χ2n) is 19.9. The van der Waals surface area contributed by atoms with Crippen LogP contribution in [-0.4, -0.2) is 154 Å². The molecular formula is C53H76N14O12S2. The summed E-state index contributed by atoms with van der Waals surface area (Å²) in [6.45, 7) is 1.83. The van der Waals surface area contributed by atoms with E-state index >= 15 is 0 Å². The zero-order valence-corrected chi connectivity index (χ0v) is 47.0. The van der Waals surface area contributed by atoms with Crippen LogP contribution in [0.25, 0.3) is 0 Å². The van der Waals surface area contributed by atoms with Crippen LogP contribution in [0.5, 0.6) is 5.75 Å². The van der Waals surface area contributed by atoms with Gasteiger partial charge in [-0.2, -0.15) is 12.6 Å². The van der Waals surface area contributed by atoms with Crippen LogP contribution in [-0.2, 0) is 65.6 Å². The summed E-state index contributed by atoms with van der Waals surface area (Å²) in [6, 6.07) is 5.31. The van der Waals surface area contributed by atoms with Crippen LogP contribution < -0.4 is 70.6 Å². The Hall–Kier alpha value is -7.72. The molecule has 2 aromatic carbocycles. The van der Waals surface area contributed by atoms with E-state index in [-0.39, 0.29) is 57.6 Å². The lowest BCUT2D eigenvalue weighted by atomic mass is 9.85. The van der Waals surface area contributed by atoms with Gasteiger partial charge in [-0.15, -0.1) is 0 Å². The molecule has 0 bridgehead atoms. The molecule has 7 atom stereocenters. The van der Waals surface area contributed by atoms with E-state index < -0.39 is 138 Å². The fourth-order valence-electron chi connectivity index (χ4n) is 9.31. The van der Waals surface area contributed by atoms with E-state index in [1.54, 1.807) is 54.6 Å². The Labute approximate surface area is 480 Å². The molecule has 2 fully saturated rings. The third kappa shape index (κ3) is 22.4. The number of nitrogens with one attached hydrogen (secondary N) is 7. The Morgan fingerprint density at radius 3 is 1.88 bits per heavy atom. The highest BCUT2D eigenvalue weighted by Crippen LogP contribution is 2.36. The Kier molecular flexibility index (Phi) is 26.9. The summed E-state index contributed by atoms with van der Waals surface area (Å²) in [4.78, 5) is 153. The lowest BCUT2D eigenvalue weighted by Gasteiger charge is -2.32. The number of thiol groups is 1. The monoisotopic (exact) mass is 1160 g/mol. The number of rotatable bonds is 32. The van der Waals surface area contributed by atoms with Crippen molar-refractivity contribution in [2.24, 2.45) is 33.7 Å². The smallest absolute Gasteiger partial charge is 0.250 e. The number of nitrogens with two attached hydrogens (primary N) is 5. The molecule has 2 aliphatic rings. The number of carbonyl (C=O) groups excluding carboxylic acids is 11. The summed E-state index contributed by atoms with van der Waals surface area (Å²) in [5, 5.41) is 18.4. The quantitative estimate of drug-likeness (QED) is 0.0119. The number of primary amides is 2. The molecule has 26 nitrogen and oxygen atoms in total. The number of carbonyl (C=O) groups is 11. The molecule has 28 heteroatoms. The molecular weight excluding hydrogens is 1090 g/mol. The molecule has 0 unspecified atom stereocenters. The van der Waals surface area contributed by atoms with Crippen LogP contribution in [0.4, 0.5) is 0 Å². The first kappa shape index (κ1) is 65.8. The zero-order valence-electron chi connectivity index (χ0n) is 45.3. The Balaban J connectivity index is 1.56. The Morgan fingerprint density at radius 1 is 0.704 bits per heavy atom. The van der Waals surface area contributed by atoms with Crippen molar-refractivity contribution in [1.29, 1.82) is 0 Å². The number of amides is 11. The highest BCUT2D eigenvalue weighted by atomic mass is 32.1. The van der Waals surface area contributed by atoms with Gasteiger partial charge in [0.25, 0.3) is 5.91 Å². The van der Waals surface area contributed by atoms with E-state index in [4.69, 9.17) is 58.3 Å². The van der Waals surface area contributed by atoms with Crippen molar-refractivity contribution in [2.45, 2.75) is 150 Å². The molecule has 2 aromatic rings. The van der Waals surface area contributed by atoms with Gasteiger partial charge in [0.15, 0.2) is 5.96 Å². The van der Waals surface area contributed by atoms with Gasteiger partial charge >= 0.3 is 0 Å². The van der Waals surface area contributed by atoms with Crippen LogP contribution in [0.2, 0.25) is 0 Å². The highest BCUT2D eigenvalue weighted by Gasteiger charge is 2.40. The van der Waals surface area contributed by atoms with Crippen molar-refractivity contribution in [3.8, 4) is 5.75 Å². The van der Waals surface area contributed by atoms with Crippen LogP contribution in [0.3, 0.4) is 0 Å². The molecule has 1 aliphatic heterocycles. The predicted octanol–water partition coefficient (Wildman–Crippen LogP) is -2.41. The minimum atomic E-state index is -1.82. The lowest BCUT2D eigenvalue weighted by molar-refractivity contribution is -0.141. The fourth-order valence-corrected chi connectivity index (χ4v) is 9.96. The molecule has 4 rings (SSSR count). The standard InChI is InChI=1S/C53H76N14O12S2/c1-2-79-33-17-15-32(16-18-33)26-36(60-43(70)28-53(81)21-7-4-8-22-53)47(74)63-37(25-31-11-5-3-6-12-31)48(75)61-35(19-20-41(55)68)45(72)64-38(27-42(56)69)49(76)65-39(30-80)51(78)67-24-10-14-40(67)50(77)62-34(13-9-23-59-52(57)58)46(73)66-44(71)29-54/h3,5-6,11-12,15-18,30,34-40,81H,2,4,7-10,13-14,19-29,54H2,1H3,(H2,55,68)(H2,56,69)(H,60,70)(H,61,75)(H,62,77)(H,63,74)(H,64,72)(H,65,76)(H4,57,58,59)(H,66,71,73)/t34-,35-,36-,37-,38-,39-,40-/m0/s1. The van der Waals surface area contributed by atoms with Gasteiger partial charge < -0.3 is 70.2 Å². The summed E-state index contributed by atoms with van der Waals surface area (Å²) in [6.07, 6.45) is 3.02. The van der Waals surface area contributed by atoms with Gasteiger partial charge in [0.05, 0.1) is 19.6 Å². The van der Waals surface area contributed by atoms with Crippen LogP contribution in [0.15, 0.2) is 59.6 Å². The maximum Gasteiger partial charge on any atom is 0.250 e. The summed E-state index contributed by atoms with van der Waals surface area (Å²) >= 11 is 9.98. The van der Waals surface area contributed by atoms with Gasteiger partial charge in [-0.3, -0.25) is 63.0 Å². The molecule has 1 saturated carbocycles. The van der Waals surface area contributed by atoms with Gasteiger partial charge in [-0.05, 0) is 75.1 Å². The van der Waals surface area contributed by atoms with Gasteiger partial charge in [0, 0.05) is 48.9 Å². The first-order valence-electron chi connectivity index (χ1n) is 26.8. The largest absolute Gasteiger partial charge is 0.494 e. The first-order chi connectivity index (χ1) is 38.5. The third-order valence-electron chi connectivity index (χ3n) is 13.4. The Bertz CT molecular complexity index is 2580. The van der Waals surface area contributed by atoms with Gasteiger partial charge in [-0.1, -0.05) is 73.9 Å². The number of hydrogen-bond acceptors (Lipinski definition) is 16. The van der Waals surface area contributed by atoms with E-state index in [0.29, 0.717) is 42.7 Å². The van der Waals surface area contributed by atoms with Crippen molar-refractivity contribution in [2.75, 3.05) is 26.2 Å². The number of thiocarbonyl (C=S) groups is 1. The van der Waals surface area contributed by atoms with E-state index in [1.165, 1.54) is 0 Å². The number of guanidine groups is 1. The predicted molar refractivity (Wildman–Crippen MR) is 305 cm³/mol. The van der Waals surface area contributed by atoms with Crippen molar-refractivity contribution in [3.63, 3.8) is 0 Å². The van der Waals surface area contributed by atoms with E-state index in [1.807, 2.05) is 6.92 Å². The number of benzene rings is 2. The minimum absolute atomic E-state index is 0.00260. The zero-order chi connectivity index (χ0) is 59.6. The molecule has 0 aromatic heterocycles. The van der Waals surface area contributed by atoms with Crippen molar-refractivity contribution in [3.05, 3.63) is 65.7 Å². The minimum Gasteiger partial charge on any atom is -0.494 e. The maximum absolute atomic E-state index is 14.5. The number of hydrogen-bond donors (Lipinski definition) is 13. The van der Waals surface area contributed by atoms with Crippen molar-refractivity contribution in [1.82, 2.24) is 42.1 Å². The maximum atomic E-state index is 14.5. The summed E-state index contributed by atoms with van der Waals surface area (Å²) < 4.78 is 5.01. The molecule has 0 radical (unpaired) electrons. The van der Waals surface area contributed by atoms with Gasteiger partial charge in [0.2, 0.25) is 59.1 Å². The summed E-state index contributed by atoms with van der Waals surface area (Å²) in [7, 11) is 0. The second-order valence-corrected chi connectivity index (χ2v) is 21.1. The molecule has 11 amide bonds. The van der Waals surface area contributed by atoms with Crippen molar-refractivity contribution >= 4 is 101 Å². The van der Waals surface area contributed by atoms with Crippen LogP contribution in [0.1, 0.15) is 102 Å². The van der Waals surface area contributed by atoms with Gasteiger partial charge in [-0.25, -0.2) is 0 Å². The molecule has 442 valence electrons. The number of nitrogens with zero attached hydrogens (tertiary/aromatic N) is 2. The topological polar surface area (TPSA) is 427 Å². The molecule has 1 heterocycles. The molecule has 81 heavy (non-hydrogen) atoms. The lowest BCUT2D eigenvalue weighted by Crippen LogP contribution is -2.61. The fraction of sp³-hybridized carbons (Fsp3) is 0.528. The van der Waals surface area contributed by atoms with Crippen LogP contribution >= 0.6 is 24.8 Å². The normalized spacial score (nSPS) is 16.7. The molecule has 17 N–H and O–H groups in total. The molecule has 0 spiro atoms. The Morgan fingerprint density at radius 2 is 1.28 bits per heavy atom. The van der Waals surface area contributed by atoms with Gasteiger partial charge in [0.1, 0.15) is 48.0 Å². The molecule has 1 aliphatic carbocycles. The second kappa shape index (κ2) is 33.1. The van der Waals surface area contributed by atoms with Crippen LogP contribution in [0, 0.1) is 0 Å². The summed E-state index contributed by atoms with van der Waals surface area (Å²) in [5.74, 6) is -9.24. The van der Waals surface area contributed by atoms with E-state index in [0.717, 1.165) is 29.5 Å². The number of ether oxygens (including phenoxy) is 1. The first-order valence-corrected chi connectivity index (χ1v) is 27.7. The van der Waals surface area contributed by atoms with E-state index in [2.05, 4.69) is 42.2 Å². The number of likely N-dealkylation sites (tertiary alicyclic amines) is 1. The molecule has 1 saturated heterocycles. The highest BCUT2D eigenvalue weighted by molar-refractivity contribution is 7.81. The number of aliphatic imine (C=N–C) groups is 1. The average Bonchev–Trinajstić information content (AvgIpc) is 3.97. The summed E-state index contributed by atoms with van der Waals surface area (Å²) in [5.41, 5.74) is 28.4. The third-order valence-corrected chi connectivity index (χ3v) is 14.3. The van der Waals surface area contributed by atoms with Crippen molar-refractivity contribution < 1.29 is 57.5 Å². The van der Waals surface area contributed by atoms with E-state index in [9.17, 15) is 52.7 Å². The average molecular weight is 1170 g/mol.